The predicted molar refractivity (Wildman–Crippen MR) is 69.1 cm³/mol. The molecule has 2 aromatic rings. The molecule has 0 N–H and O–H groups in total. The zero-order chi connectivity index (χ0) is 11.9. The molecule has 0 aliphatic carbocycles. The highest BCUT2D eigenvalue weighted by Gasteiger charge is 2.13. The van der Waals surface area contributed by atoms with Gasteiger partial charge in [0, 0.05) is 25.1 Å². The van der Waals surface area contributed by atoms with E-state index in [9.17, 15) is 9.59 Å². The molecule has 6 nitrogen and oxygen atoms in total. The minimum absolute atomic E-state index is 0.269. The number of fused-ring (bicyclic) bond motifs is 1. The summed E-state index contributed by atoms with van der Waals surface area (Å²) in [6.07, 6.45) is 1.54. The first-order valence-electron chi connectivity index (χ1n) is 4.74. The number of rotatable bonds is 2. The lowest BCUT2D eigenvalue weighted by Crippen LogP contribution is -2.39. The number of nitrogens with zero attached hydrogens (tertiary/aromatic N) is 4. The van der Waals surface area contributed by atoms with Gasteiger partial charge in [0.1, 0.15) is 0 Å². The summed E-state index contributed by atoms with van der Waals surface area (Å²) in [6, 6.07) is 0. The maximum Gasteiger partial charge on any atom is 0.332 e. The number of hydrogen-bond acceptors (Lipinski definition) is 3. The van der Waals surface area contributed by atoms with Crippen LogP contribution >= 0.6 is 22.6 Å². The van der Waals surface area contributed by atoms with E-state index in [2.05, 4.69) is 27.6 Å². The Balaban J connectivity index is 2.98. The summed E-state index contributed by atoms with van der Waals surface area (Å²) in [5.74, 6) is 0. The second-order valence-corrected chi connectivity index (χ2v) is 4.59. The van der Waals surface area contributed by atoms with E-state index in [0.29, 0.717) is 17.7 Å². The molecule has 0 aliphatic rings. The largest absolute Gasteiger partial charge is 0.332 e. The van der Waals surface area contributed by atoms with Crippen LogP contribution in [0.2, 0.25) is 0 Å². The summed E-state index contributed by atoms with van der Waals surface area (Å²) >= 11 is 2.14. The lowest BCUT2D eigenvalue weighted by atomic mass is 10.5. The Hall–Kier alpha value is -1.12. The molecule has 0 saturated heterocycles. The Morgan fingerprint density at radius 1 is 1.38 bits per heavy atom. The van der Waals surface area contributed by atoms with E-state index in [0.717, 1.165) is 4.43 Å². The van der Waals surface area contributed by atoms with E-state index in [1.165, 1.54) is 9.13 Å². The molecular weight excluding hydrogens is 323 g/mol. The molecule has 0 atom stereocenters. The van der Waals surface area contributed by atoms with Gasteiger partial charge in [-0.25, -0.2) is 9.78 Å². The number of alkyl halides is 1. The van der Waals surface area contributed by atoms with Crippen LogP contribution in [0.4, 0.5) is 0 Å². The van der Waals surface area contributed by atoms with Crippen molar-refractivity contribution in [3.63, 3.8) is 0 Å². The second-order valence-electron chi connectivity index (χ2n) is 3.52. The van der Waals surface area contributed by atoms with Crippen LogP contribution < -0.4 is 11.2 Å². The predicted octanol–water partition coefficient (Wildman–Crippen LogP) is -0.131. The van der Waals surface area contributed by atoms with Crippen molar-refractivity contribution in [3.05, 3.63) is 27.2 Å². The molecule has 2 rings (SSSR count). The van der Waals surface area contributed by atoms with Gasteiger partial charge in [0.05, 0.1) is 6.33 Å². The Labute approximate surface area is 105 Å². The Morgan fingerprint density at radius 2 is 2.06 bits per heavy atom. The van der Waals surface area contributed by atoms with Crippen molar-refractivity contribution >= 4 is 33.8 Å². The van der Waals surface area contributed by atoms with Crippen molar-refractivity contribution in [1.29, 1.82) is 0 Å². The fraction of sp³-hybridized carbons (Fsp3) is 0.444. The average molecular weight is 334 g/mol. The Kier molecular flexibility index (Phi) is 2.87. The highest BCUT2D eigenvalue weighted by molar-refractivity contribution is 14.1. The molecule has 0 amide bonds. The second kappa shape index (κ2) is 4.04. The van der Waals surface area contributed by atoms with E-state index in [1.54, 1.807) is 25.0 Å². The molecular formula is C9H11IN4O2. The monoisotopic (exact) mass is 334 g/mol. The number of halogens is 1. The van der Waals surface area contributed by atoms with Gasteiger partial charge in [-0.05, 0) is 0 Å². The number of hydrogen-bond donors (Lipinski definition) is 0. The number of imidazole rings is 1. The summed E-state index contributed by atoms with van der Waals surface area (Å²) in [7, 11) is 3.37. The summed E-state index contributed by atoms with van der Waals surface area (Å²) in [5.41, 5.74) is 0.316. The quantitative estimate of drug-likeness (QED) is 0.568. The third-order valence-electron chi connectivity index (χ3n) is 2.51. The fourth-order valence-corrected chi connectivity index (χ4v) is 2.16. The molecule has 86 valence electrons. The molecule has 0 aromatic carbocycles. The van der Waals surface area contributed by atoms with E-state index >= 15 is 0 Å². The van der Waals surface area contributed by atoms with Crippen molar-refractivity contribution in [3.8, 4) is 0 Å². The van der Waals surface area contributed by atoms with Crippen LogP contribution in [0.1, 0.15) is 0 Å². The van der Waals surface area contributed by atoms with Gasteiger partial charge in [-0.2, -0.15) is 0 Å². The standard InChI is InChI=1S/C9H11IN4O2/c1-12-5-11-7-6(12)8(15)14(4-3-10)9(16)13(7)2/h5H,3-4H2,1-2H3. The van der Waals surface area contributed by atoms with Crippen LogP contribution in [0.3, 0.4) is 0 Å². The van der Waals surface area contributed by atoms with Crippen molar-refractivity contribution in [2.24, 2.45) is 14.1 Å². The maximum atomic E-state index is 12.1. The zero-order valence-electron chi connectivity index (χ0n) is 8.97. The molecule has 0 bridgehead atoms. The van der Waals surface area contributed by atoms with E-state index in [-0.39, 0.29) is 11.2 Å². The van der Waals surface area contributed by atoms with E-state index in [4.69, 9.17) is 0 Å². The first-order valence-corrected chi connectivity index (χ1v) is 6.27. The lowest BCUT2D eigenvalue weighted by Gasteiger charge is -2.06. The maximum absolute atomic E-state index is 12.1. The average Bonchev–Trinajstić information content (AvgIpc) is 2.64. The van der Waals surface area contributed by atoms with Gasteiger partial charge in [-0.3, -0.25) is 13.9 Å². The van der Waals surface area contributed by atoms with E-state index < -0.39 is 0 Å². The van der Waals surface area contributed by atoms with Crippen LogP contribution in [-0.2, 0) is 20.6 Å². The molecule has 0 saturated carbocycles. The highest BCUT2D eigenvalue weighted by atomic mass is 127. The van der Waals surface area contributed by atoms with Gasteiger partial charge in [0.2, 0.25) is 0 Å². The van der Waals surface area contributed by atoms with Crippen LogP contribution in [0, 0.1) is 0 Å². The van der Waals surface area contributed by atoms with Crippen LogP contribution in [0.5, 0.6) is 0 Å². The molecule has 2 heterocycles. The topological polar surface area (TPSA) is 61.8 Å². The van der Waals surface area contributed by atoms with Gasteiger partial charge in [-0.15, -0.1) is 0 Å². The molecule has 16 heavy (non-hydrogen) atoms. The first kappa shape index (κ1) is 11.4. The summed E-state index contributed by atoms with van der Waals surface area (Å²) < 4.78 is 5.01. The SMILES string of the molecule is Cn1cnc2c1c(=O)n(CCI)c(=O)n2C. The summed E-state index contributed by atoms with van der Waals surface area (Å²) in [6.45, 7) is 0.424. The van der Waals surface area contributed by atoms with Crippen molar-refractivity contribution in [1.82, 2.24) is 18.7 Å². The molecule has 0 spiro atoms. The van der Waals surface area contributed by atoms with Crippen molar-refractivity contribution < 1.29 is 0 Å². The Bertz CT molecular complexity index is 652. The smallest absolute Gasteiger partial charge is 0.328 e. The summed E-state index contributed by atoms with van der Waals surface area (Å²) in [4.78, 5) is 28.0. The third kappa shape index (κ3) is 1.49. The minimum atomic E-state index is -0.312. The van der Waals surface area contributed by atoms with Crippen molar-refractivity contribution in [2.45, 2.75) is 6.54 Å². The van der Waals surface area contributed by atoms with Gasteiger partial charge in [0.25, 0.3) is 5.56 Å². The van der Waals surface area contributed by atoms with Crippen molar-refractivity contribution in [2.75, 3.05) is 4.43 Å². The highest BCUT2D eigenvalue weighted by Crippen LogP contribution is 2.02. The number of aromatic nitrogens is 4. The zero-order valence-corrected chi connectivity index (χ0v) is 11.1. The molecule has 0 aliphatic heterocycles. The normalized spacial score (nSPS) is 11.2. The van der Waals surface area contributed by atoms with Crippen LogP contribution in [0.15, 0.2) is 15.9 Å². The molecule has 0 fully saturated rings. The molecule has 7 heteroatoms. The van der Waals surface area contributed by atoms with Crippen LogP contribution in [-0.4, -0.2) is 23.1 Å². The number of aryl methyl sites for hydroxylation is 2. The molecule has 0 radical (unpaired) electrons. The lowest BCUT2D eigenvalue weighted by molar-refractivity contribution is 0.644. The molecule has 2 aromatic heterocycles. The van der Waals surface area contributed by atoms with Gasteiger partial charge in [0.15, 0.2) is 11.2 Å². The van der Waals surface area contributed by atoms with E-state index in [1.807, 2.05) is 0 Å². The Morgan fingerprint density at radius 3 is 2.69 bits per heavy atom. The van der Waals surface area contributed by atoms with Crippen LogP contribution in [0.25, 0.3) is 11.2 Å². The van der Waals surface area contributed by atoms with Gasteiger partial charge in [-0.1, -0.05) is 22.6 Å². The fourth-order valence-electron chi connectivity index (χ4n) is 1.68. The third-order valence-corrected chi connectivity index (χ3v) is 2.99. The summed E-state index contributed by atoms with van der Waals surface area (Å²) in [5, 5.41) is 0. The first-order chi connectivity index (χ1) is 7.57. The van der Waals surface area contributed by atoms with Gasteiger partial charge < -0.3 is 4.57 Å². The minimum Gasteiger partial charge on any atom is -0.328 e. The molecule has 0 unspecified atom stereocenters. The van der Waals surface area contributed by atoms with Gasteiger partial charge >= 0.3 is 5.69 Å².